The number of hydrogen-bond donors (Lipinski definition) is 1. The average Bonchev–Trinajstić information content (AvgIpc) is 3.61. The number of amides is 1. The fourth-order valence-corrected chi connectivity index (χ4v) is 4.89. The van der Waals surface area contributed by atoms with Crippen molar-refractivity contribution in [2.24, 2.45) is 5.10 Å². The van der Waals surface area contributed by atoms with E-state index in [-0.39, 0.29) is 5.91 Å². The highest BCUT2D eigenvalue weighted by atomic mass is 16.2. The molecule has 1 aliphatic rings. The Labute approximate surface area is 220 Å². The summed E-state index contributed by atoms with van der Waals surface area (Å²) in [6.45, 7) is 3.90. The number of aromatic nitrogens is 4. The number of anilines is 1. The van der Waals surface area contributed by atoms with Crippen LogP contribution in [0, 0.1) is 6.92 Å². The van der Waals surface area contributed by atoms with Crippen molar-refractivity contribution in [3.63, 3.8) is 0 Å². The van der Waals surface area contributed by atoms with Gasteiger partial charge in [0.05, 0.1) is 45.6 Å². The van der Waals surface area contributed by atoms with Gasteiger partial charge in [0.1, 0.15) is 5.82 Å². The number of benzene rings is 2. The molecule has 188 valence electrons. The Kier molecular flexibility index (Phi) is 6.35. The molecule has 2 aromatic carbocycles. The predicted octanol–water partition coefficient (Wildman–Crippen LogP) is 5.16. The molecule has 1 aliphatic heterocycles. The number of para-hydroxylation sites is 2. The van der Waals surface area contributed by atoms with Gasteiger partial charge in [-0.1, -0.05) is 42.5 Å². The van der Waals surface area contributed by atoms with Crippen LogP contribution in [0.2, 0.25) is 0 Å². The topological polar surface area (TPSA) is 88.3 Å². The number of nitrogens with zero attached hydrogens (tertiary/aromatic N) is 6. The van der Waals surface area contributed by atoms with Crippen molar-refractivity contribution in [1.29, 1.82) is 0 Å². The van der Waals surface area contributed by atoms with Crippen LogP contribution in [0.3, 0.4) is 0 Å². The van der Waals surface area contributed by atoms with E-state index in [0.717, 1.165) is 59.6 Å². The predicted molar refractivity (Wildman–Crippen MR) is 150 cm³/mol. The highest BCUT2D eigenvalue weighted by Gasteiger charge is 2.23. The van der Waals surface area contributed by atoms with E-state index in [1.807, 2.05) is 84.4 Å². The summed E-state index contributed by atoms with van der Waals surface area (Å²) in [5.74, 6) is 0.684. The largest absolute Gasteiger partial charge is 0.356 e. The van der Waals surface area contributed by atoms with Crippen molar-refractivity contribution >= 4 is 28.8 Å². The van der Waals surface area contributed by atoms with Crippen LogP contribution >= 0.6 is 0 Å². The van der Waals surface area contributed by atoms with E-state index in [1.165, 1.54) is 0 Å². The van der Waals surface area contributed by atoms with E-state index in [4.69, 9.17) is 10.1 Å². The molecule has 0 aliphatic carbocycles. The van der Waals surface area contributed by atoms with Crippen molar-refractivity contribution in [3.8, 4) is 17.1 Å². The molecule has 38 heavy (non-hydrogen) atoms. The molecule has 0 atom stereocenters. The van der Waals surface area contributed by atoms with Crippen LogP contribution in [0.1, 0.15) is 34.5 Å². The smallest absolute Gasteiger partial charge is 0.272 e. The molecule has 5 aromatic rings. The van der Waals surface area contributed by atoms with Gasteiger partial charge in [0.25, 0.3) is 5.91 Å². The van der Waals surface area contributed by atoms with Crippen LogP contribution in [0.15, 0.2) is 90.2 Å². The summed E-state index contributed by atoms with van der Waals surface area (Å²) in [5.41, 5.74) is 8.02. The van der Waals surface area contributed by atoms with E-state index in [2.05, 4.69) is 20.4 Å². The summed E-state index contributed by atoms with van der Waals surface area (Å²) in [4.78, 5) is 24.8. The van der Waals surface area contributed by atoms with Gasteiger partial charge in [-0.3, -0.25) is 9.78 Å². The SMILES string of the molecule is Cc1nn(-c2ccccc2)c(N2CCCC2)c1C=NNC(=O)c1cc(-c2ccccn2)nc2ccccc12. The highest BCUT2D eigenvalue weighted by molar-refractivity contribution is 6.07. The molecule has 0 unspecified atom stereocenters. The van der Waals surface area contributed by atoms with Crippen LogP contribution in [0.4, 0.5) is 5.82 Å². The van der Waals surface area contributed by atoms with E-state index < -0.39 is 0 Å². The van der Waals surface area contributed by atoms with Crippen LogP contribution in [-0.4, -0.2) is 45.0 Å². The third kappa shape index (κ3) is 4.52. The van der Waals surface area contributed by atoms with E-state index in [0.29, 0.717) is 17.0 Å². The fraction of sp³-hybridized carbons (Fsp3) is 0.167. The first-order valence-corrected chi connectivity index (χ1v) is 12.7. The van der Waals surface area contributed by atoms with Crippen molar-refractivity contribution in [2.45, 2.75) is 19.8 Å². The lowest BCUT2D eigenvalue weighted by atomic mass is 10.1. The molecule has 1 fully saturated rings. The monoisotopic (exact) mass is 501 g/mol. The van der Waals surface area contributed by atoms with E-state index >= 15 is 0 Å². The maximum absolute atomic E-state index is 13.4. The van der Waals surface area contributed by atoms with Crippen LogP contribution < -0.4 is 10.3 Å². The van der Waals surface area contributed by atoms with E-state index in [1.54, 1.807) is 18.5 Å². The zero-order valence-electron chi connectivity index (χ0n) is 21.1. The molecular formula is C30H27N7O. The molecular weight excluding hydrogens is 474 g/mol. The summed E-state index contributed by atoms with van der Waals surface area (Å²) in [6.07, 6.45) is 5.70. The minimum Gasteiger partial charge on any atom is -0.356 e. The van der Waals surface area contributed by atoms with Crippen molar-refractivity contribution in [2.75, 3.05) is 18.0 Å². The Hall–Kier alpha value is -4.85. The third-order valence-corrected chi connectivity index (χ3v) is 6.74. The number of fused-ring (bicyclic) bond motifs is 1. The maximum Gasteiger partial charge on any atom is 0.272 e. The van der Waals surface area contributed by atoms with Gasteiger partial charge in [-0.2, -0.15) is 10.2 Å². The third-order valence-electron chi connectivity index (χ3n) is 6.74. The Morgan fingerprint density at radius 1 is 0.947 bits per heavy atom. The quantitative estimate of drug-likeness (QED) is 0.257. The van der Waals surface area contributed by atoms with Crippen LogP contribution in [0.25, 0.3) is 28.0 Å². The number of rotatable bonds is 6. The number of carbonyl (C=O) groups is 1. The number of pyridine rings is 2. The second-order valence-electron chi connectivity index (χ2n) is 9.25. The Morgan fingerprint density at radius 3 is 2.50 bits per heavy atom. The average molecular weight is 502 g/mol. The summed E-state index contributed by atoms with van der Waals surface area (Å²) < 4.78 is 1.97. The standard InChI is InChI=1S/C30H27N7O/c1-21-25(30(36-17-9-10-18-36)37(35-21)22-11-3-2-4-12-22)20-32-34-29(38)24-19-28(27-15-7-8-16-31-27)33-26-14-6-5-13-23(24)26/h2-8,11-16,19-20H,9-10,17-18H2,1H3,(H,34,38). The van der Waals surface area contributed by atoms with Gasteiger partial charge in [0.15, 0.2) is 0 Å². The lowest BCUT2D eigenvalue weighted by Crippen LogP contribution is -2.23. The van der Waals surface area contributed by atoms with Crippen molar-refractivity contribution < 1.29 is 4.79 Å². The lowest BCUT2D eigenvalue weighted by molar-refractivity contribution is 0.0956. The maximum atomic E-state index is 13.4. The van der Waals surface area contributed by atoms with E-state index in [9.17, 15) is 4.79 Å². The van der Waals surface area contributed by atoms with Gasteiger partial charge in [-0.15, -0.1) is 0 Å². The molecule has 0 radical (unpaired) electrons. The van der Waals surface area contributed by atoms with Crippen molar-refractivity contribution in [1.82, 2.24) is 25.2 Å². The summed E-state index contributed by atoms with van der Waals surface area (Å²) in [6, 6.07) is 25.1. The first-order valence-electron chi connectivity index (χ1n) is 12.7. The zero-order valence-corrected chi connectivity index (χ0v) is 21.1. The zero-order chi connectivity index (χ0) is 25.9. The molecule has 8 nitrogen and oxygen atoms in total. The van der Waals surface area contributed by atoms with Gasteiger partial charge in [0.2, 0.25) is 0 Å². The van der Waals surface area contributed by atoms with Gasteiger partial charge < -0.3 is 4.90 Å². The Balaban J connectivity index is 1.34. The summed E-state index contributed by atoms with van der Waals surface area (Å²) in [5, 5.41) is 9.97. The molecule has 6 rings (SSSR count). The van der Waals surface area contributed by atoms with Gasteiger partial charge in [0, 0.05) is 24.7 Å². The second kappa shape index (κ2) is 10.3. The van der Waals surface area contributed by atoms with Crippen LogP contribution in [-0.2, 0) is 0 Å². The second-order valence-corrected chi connectivity index (χ2v) is 9.25. The van der Waals surface area contributed by atoms with Gasteiger partial charge in [-0.05, 0) is 56.2 Å². The van der Waals surface area contributed by atoms with Crippen LogP contribution in [0.5, 0.6) is 0 Å². The Bertz CT molecular complexity index is 1620. The Morgan fingerprint density at radius 2 is 1.71 bits per heavy atom. The number of hydrazone groups is 1. The minimum absolute atomic E-state index is 0.312. The minimum atomic E-state index is -0.312. The molecule has 4 heterocycles. The normalized spacial score (nSPS) is 13.4. The molecule has 3 aromatic heterocycles. The molecule has 0 bridgehead atoms. The fourth-order valence-electron chi connectivity index (χ4n) is 4.89. The number of aryl methyl sites for hydroxylation is 1. The van der Waals surface area contributed by atoms with Gasteiger partial charge in [-0.25, -0.2) is 15.1 Å². The molecule has 1 saturated heterocycles. The summed E-state index contributed by atoms with van der Waals surface area (Å²) >= 11 is 0. The molecule has 1 N–H and O–H groups in total. The molecule has 1 amide bonds. The lowest BCUT2D eigenvalue weighted by Gasteiger charge is -2.20. The number of carbonyl (C=O) groups excluding carboxylic acids is 1. The number of nitrogens with one attached hydrogen (secondary N) is 1. The summed E-state index contributed by atoms with van der Waals surface area (Å²) in [7, 11) is 0. The first kappa shape index (κ1) is 23.5. The number of hydrogen-bond acceptors (Lipinski definition) is 6. The molecule has 0 spiro atoms. The molecule has 0 saturated carbocycles. The van der Waals surface area contributed by atoms with Gasteiger partial charge >= 0.3 is 0 Å². The highest BCUT2D eigenvalue weighted by Crippen LogP contribution is 2.29. The molecule has 8 heteroatoms. The van der Waals surface area contributed by atoms with Crippen molar-refractivity contribution in [3.05, 3.63) is 102 Å². The first-order chi connectivity index (χ1) is 18.7.